The number of ether oxygens (including phenoxy) is 2. The third-order valence-corrected chi connectivity index (χ3v) is 3.70. The van der Waals surface area contributed by atoms with E-state index in [0.29, 0.717) is 22.9 Å². The monoisotopic (exact) mass is 357 g/mol. The average molecular weight is 357 g/mol. The summed E-state index contributed by atoms with van der Waals surface area (Å²) in [6.45, 7) is 1.85. The number of benzene rings is 1. The molecule has 2 amide bonds. The predicted octanol–water partition coefficient (Wildman–Crippen LogP) is 3.09. The van der Waals surface area contributed by atoms with Gasteiger partial charge in [-0.3, -0.25) is 14.6 Å². The molecule has 2 rings (SSSR count). The highest BCUT2D eigenvalue weighted by atomic mass is 16.5. The number of hydrogen-bond acceptors (Lipinski definition) is 5. The number of methoxy groups -OCH3 is 2. The van der Waals surface area contributed by atoms with Crippen molar-refractivity contribution in [1.29, 1.82) is 0 Å². The molecule has 2 aromatic rings. The van der Waals surface area contributed by atoms with Crippen LogP contribution in [0.4, 0.5) is 11.4 Å². The summed E-state index contributed by atoms with van der Waals surface area (Å²) in [6.07, 6.45) is 3.67. The molecule has 0 aliphatic heterocycles. The van der Waals surface area contributed by atoms with Crippen LogP contribution in [0.1, 0.15) is 19.8 Å². The molecule has 0 saturated carbocycles. The van der Waals surface area contributed by atoms with Crippen LogP contribution in [0, 0.1) is 5.92 Å². The highest BCUT2D eigenvalue weighted by molar-refractivity contribution is 5.94. The van der Waals surface area contributed by atoms with E-state index in [0.717, 1.165) is 0 Å². The van der Waals surface area contributed by atoms with Crippen molar-refractivity contribution >= 4 is 23.2 Å². The van der Waals surface area contributed by atoms with Crippen LogP contribution >= 0.6 is 0 Å². The second kappa shape index (κ2) is 9.41. The molecule has 2 N–H and O–H groups in total. The first-order chi connectivity index (χ1) is 12.5. The Morgan fingerprint density at radius 1 is 1.08 bits per heavy atom. The van der Waals surface area contributed by atoms with E-state index >= 15 is 0 Å². The van der Waals surface area contributed by atoms with Gasteiger partial charge in [0.1, 0.15) is 11.5 Å². The molecule has 138 valence electrons. The Balaban J connectivity index is 1.86. The maximum Gasteiger partial charge on any atom is 0.224 e. The van der Waals surface area contributed by atoms with Crippen LogP contribution in [0.2, 0.25) is 0 Å². The molecular weight excluding hydrogens is 334 g/mol. The first-order valence-corrected chi connectivity index (χ1v) is 8.23. The van der Waals surface area contributed by atoms with Crippen LogP contribution < -0.4 is 20.1 Å². The van der Waals surface area contributed by atoms with E-state index in [1.165, 1.54) is 7.11 Å². The van der Waals surface area contributed by atoms with Crippen LogP contribution in [0.25, 0.3) is 0 Å². The van der Waals surface area contributed by atoms with Crippen molar-refractivity contribution < 1.29 is 19.1 Å². The van der Waals surface area contributed by atoms with Gasteiger partial charge in [-0.25, -0.2) is 0 Å². The molecular formula is C19H23N3O4. The van der Waals surface area contributed by atoms with Gasteiger partial charge in [-0.2, -0.15) is 0 Å². The predicted molar refractivity (Wildman–Crippen MR) is 99.4 cm³/mol. The number of carbonyl (C=O) groups excluding carboxylic acids is 2. The third kappa shape index (κ3) is 5.77. The average Bonchev–Trinajstić information content (AvgIpc) is 2.62. The highest BCUT2D eigenvalue weighted by Gasteiger charge is 2.15. The normalized spacial score (nSPS) is 11.3. The molecule has 0 unspecified atom stereocenters. The van der Waals surface area contributed by atoms with Crippen molar-refractivity contribution in [2.75, 3.05) is 24.9 Å². The van der Waals surface area contributed by atoms with E-state index in [2.05, 4.69) is 15.6 Å². The summed E-state index contributed by atoms with van der Waals surface area (Å²) >= 11 is 0. The fourth-order valence-electron chi connectivity index (χ4n) is 2.46. The number of carbonyl (C=O) groups is 2. The van der Waals surface area contributed by atoms with Crippen LogP contribution in [0.5, 0.6) is 11.5 Å². The molecule has 1 heterocycles. The molecule has 0 fully saturated rings. The molecule has 1 aromatic carbocycles. The Labute approximate surface area is 152 Å². The zero-order valence-corrected chi connectivity index (χ0v) is 15.1. The van der Waals surface area contributed by atoms with Crippen LogP contribution in [-0.2, 0) is 9.59 Å². The molecule has 7 nitrogen and oxygen atoms in total. The molecule has 26 heavy (non-hydrogen) atoms. The fraction of sp³-hybridized carbons (Fsp3) is 0.316. The van der Waals surface area contributed by atoms with Gasteiger partial charge in [-0.15, -0.1) is 0 Å². The van der Waals surface area contributed by atoms with Gasteiger partial charge >= 0.3 is 0 Å². The summed E-state index contributed by atoms with van der Waals surface area (Å²) in [5.74, 6) is 0.700. The Hall–Kier alpha value is -3.09. The van der Waals surface area contributed by atoms with Crippen LogP contribution in [0.15, 0.2) is 42.7 Å². The topological polar surface area (TPSA) is 89.5 Å². The van der Waals surface area contributed by atoms with Crippen molar-refractivity contribution in [1.82, 2.24) is 4.98 Å². The van der Waals surface area contributed by atoms with Gasteiger partial charge < -0.3 is 20.1 Å². The number of nitrogens with zero attached hydrogens (tertiary/aromatic N) is 1. The minimum atomic E-state index is -0.185. The summed E-state index contributed by atoms with van der Waals surface area (Å²) in [5.41, 5.74) is 1.20. The van der Waals surface area contributed by atoms with Crippen molar-refractivity contribution in [3.63, 3.8) is 0 Å². The van der Waals surface area contributed by atoms with Crippen molar-refractivity contribution in [3.8, 4) is 11.5 Å². The maximum absolute atomic E-state index is 12.2. The summed E-state index contributed by atoms with van der Waals surface area (Å²) in [7, 11) is 3.08. The Morgan fingerprint density at radius 2 is 1.81 bits per heavy atom. The second-order valence-corrected chi connectivity index (χ2v) is 5.92. The van der Waals surface area contributed by atoms with E-state index in [4.69, 9.17) is 9.47 Å². The minimum absolute atomic E-state index is 0.115. The van der Waals surface area contributed by atoms with Crippen molar-refractivity contribution in [2.45, 2.75) is 19.8 Å². The zero-order chi connectivity index (χ0) is 18.9. The third-order valence-electron chi connectivity index (χ3n) is 3.70. The Bertz CT molecular complexity index is 750. The number of rotatable bonds is 8. The molecule has 0 aliphatic carbocycles. The van der Waals surface area contributed by atoms with E-state index in [1.807, 2.05) is 6.92 Å². The largest absolute Gasteiger partial charge is 0.497 e. The summed E-state index contributed by atoms with van der Waals surface area (Å²) in [4.78, 5) is 28.2. The van der Waals surface area contributed by atoms with Crippen LogP contribution in [0.3, 0.4) is 0 Å². The highest BCUT2D eigenvalue weighted by Crippen LogP contribution is 2.29. The van der Waals surface area contributed by atoms with Gasteiger partial charge in [-0.1, -0.05) is 6.92 Å². The number of anilines is 2. The number of nitrogens with one attached hydrogen (secondary N) is 2. The SMILES string of the molecule is COc1ccc(NC(=O)C[C@@H](C)CC(=O)Nc2cccnc2)c(OC)c1. The van der Waals surface area contributed by atoms with Gasteiger partial charge in [0.2, 0.25) is 11.8 Å². The standard InChI is InChI=1S/C19H23N3O4/c1-13(9-18(23)21-14-5-4-8-20-12-14)10-19(24)22-16-7-6-15(25-2)11-17(16)26-3/h4-8,11-13H,9-10H2,1-3H3,(H,21,23)(H,22,24)/t13-/m0/s1. The van der Waals surface area contributed by atoms with Gasteiger partial charge in [0.25, 0.3) is 0 Å². The lowest BCUT2D eigenvalue weighted by molar-refractivity contribution is -0.118. The zero-order valence-electron chi connectivity index (χ0n) is 15.1. The maximum atomic E-state index is 12.2. The molecule has 0 bridgehead atoms. The molecule has 1 aromatic heterocycles. The molecule has 0 aliphatic rings. The van der Waals surface area contributed by atoms with E-state index in [1.54, 1.807) is 49.8 Å². The van der Waals surface area contributed by atoms with Crippen LogP contribution in [-0.4, -0.2) is 31.0 Å². The van der Waals surface area contributed by atoms with E-state index < -0.39 is 0 Å². The number of aromatic nitrogens is 1. The molecule has 0 saturated heterocycles. The molecule has 0 radical (unpaired) electrons. The number of amides is 2. The summed E-state index contributed by atoms with van der Waals surface area (Å²) < 4.78 is 10.4. The van der Waals surface area contributed by atoms with Crippen molar-refractivity contribution in [2.24, 2.45) is 5.92 Å². The van der Waals surface area contributed by atoms with E-state index in [9.17, 15) is 9.59 Å². The number of hydrogen-bond donors (Lipinski definition) is 2. The molecule has 7 heteroatoms. The second-order valence-electron chi connectivity index (χ2n) is 5.92. The first-order valence-electron chi connectivity index (χ1n) is 8.23. The smallest absolute Gasteiger partial charge is 0.224 e. The molecule has 1 atom stereocenters. The summed E-state index contributed by atoms with van der Waals surface area (Å²) in [5, 5.41) is 5.57. The Kier molecular flexibility index (Phi) is 6.96. The van der Waals surface area contributed by atoms with Gasteiger partial charge in [0, 0.05) is 25.1 Å². The lowest BCUT2D eigenvalue weighted by atomic mass is 10.0. The fourth-order valence-corrected chi connectivity index (χ4v) is 2.46. The van der Waals surface area contributed by atoms with Crippen molar-refractivity contribution in [3.05, 3.63) is 42.7 Å². The van der Waals surface area contributed by atoms with E-state index in [-0.39, 0.29) is 30.6 Å². The van der Waals surface area contributed by atoms with Gasteiger partial charge in [-0.05, 0) is 30.2 Å². The quantitative estimate of drug-likeness (QED) is 0.758. The minimum Gasteiger partial charge on any atom is -0.497 e. The Morgan fingerprint density at radius 3 is 2.42 bits per heavy atom. The number of pyridine rings is 1. The lowest BCUT2D eigenvalue weighted by Gasteiger charge is -2.14. The lowest BCUT2D eigenvalue weighted by Crippen LogP contribution is -2.20. The summed E-state index contributed by atoms with van der Waals surface area (Å²) in [6, 6.07) is 8.66. The first kappa shape index (κ1) is 19.2. The van der Waals surface area contributed by atoms with Gasteiger partial charge in [0.15, 0.2) is 0 Å². The molecule has 0 spiro atoms. The van der Waals surface area contributed by atoms with Gasteiger partial charge in [0.05, 0.1) is 31.8 Å².